The number of imidazole rings is 1. The molecule has 18 heavy (non-hydrogen) atoms. The Kier molecular flexibility index (Phi) is 3.13. The van der Waals surface area contributed by atoms with Gasteiger partial charge in [0.05, 0.1) is 12.0 Å². The first-order chi connectivity index (χ1) is 8.41. The third kappa shape index (κ3) is 2.24. The Hall–Kier alpha value is -1.82. The Bertz CT molecular complexity index is 644. The van der Waals surface area contributed by atoms with Crippen molar-refractivity contribution in [3.05, 3.63) is 42.4 Å². The number of anilines is 1. The molecule has 0 spiro atoms. The number of aryl methyl sites for hydroxylation is 2. The van der Waals surface area contributed by atoms with Gasteiger partial charge in [0.1, 0.15) is 0 Å². The number of hydrogen-bond donors (Lipinski definition) is 0. The van der Waals surface area contributed by atoms with Crippen molar-refractivity contribution in [1.29, 1.82) is 0 Å². The molecule has 0 amide bonds. The summed E-state index contributed by atoms with van der Waals surface area (Å²) < 4.78 is 27.4. The van der Waals surface area contributed by atoms with Gasteiger partial charge in [-0.2, -0.15) is 8.42 Å². The summed E-state index contributed by atoms with van der Waals surface area (Å²) in [5.74, 6) is 0. The molecule has 0 unspecified atom stereocenters. The van der Waals surface area contributed by atoms with E-state index in [1.807, 2.05) is 19.1 Å². The lowest BCUT2D eigenvalue weighted by atomic mass is 10.2. The van der Waals surface area contributed by atoms with Crippen LogP contribution in [0.4, 0.5) is 5.69 Å². The van der Waals surface area contributed by atoms with E-state index >= 15 is 0 Å². The number of hydrogen-bond acceptors (Lipinski definition) is 3. The highest BCUT2D eigenvalue weighted by molar-refractivity contribution is 7.92. The lowest BCUT2D eigenvalue weighted by Gasteiger charge is -2.18. The van der Waals surface area contributed by atoms with Crippen LogP contribution in [0.25, 0.3) is 0 Å². The van der Waals surface area contributed by atoms with E-state index in [-0.39, 0.29) is 5.03 Å². The van der Waals surface area contributed by atoms with Crippen molar-refractivity contribution in [3.63, 3.8) is 0 Å². The molecule has 0 aliphatic heterocycles. The maximum Gasteiger partial charge on any atom is 0.283 e. The van der Waals surface area contributed by atoms with E-state index in [9.17, 15) is 8.42 Å². The largest absolute Gasteiger partial charge is 0.339 e. The van der Waals surface area contributed by atoms with Gasteiger partial charge in [0.25, 0.3) is 10.0 Å². The molecule has 2 rings (SSSR count). The first kappa shape index (κ1) is 12.6. The molecule has 0 atom stereocenters. The predicted octanol–water partition coefficient (Wildman–Crippen LogP) is 1.55. The molecule has 0 fully saturated rings. The highest BCUT2D eigenvalue weighted by Gasteiger charge is 2.23. The van der Waals surface area contributed by atoms with Crippen LogP contribution >= 0.6 is 0 Å². The van der Waals surface area contributed by atoms with Gasteiger partial charge in [-0.25, -0.2) is 4.98 Å². The van der Waals surface area contributed by atoms with Gasteiger partial charge in [-0.3, -0.25) is 4.31 Å². The summed E-state index contributed by atoms with van der Waals surface area (Å²) in [6.45, 7) is 1.96. The molecule has 5 nitrogen and oxygen atoms in total. The van der Waals surface area contributed by atoms with Crippen molar-refractivity contribution < 1.29 is 8.42 Å². The minimum Gasteiger partial charge on any atom is -0.339 e. The first-order valence-corrected chi connectivity index (χ1v) is 6.89. The molecule has 2 aromatic rings. The topological polar surface area (TPSA) is 55.2 Å². The smallest absolute Gasteiger partial charge is 0.283 e. The van der Waals surface area contributed by atoms with Crippen LogP contribution in [0.5, 0.6) is 0 Å². The lowest BCUT2D eigenvalue weighted by molar-refractivity contribution is 0.591. The van der Waals surface area contributed by atoms with Crippen LogP contribution in [0.2, 0.25) is 0 Å². The summed E-state index contributed by atoms with van der Waals surface area (Å²) in [6, 6.07) is 7.30. The molecule has 6 heteroatoms. The quantitative estimate of drug-likeness (QED) is 0.846. The highest BCUT2D eigenvalue weighted by Crippen LogP contribution is 2.20. The standard InChI is InChI=1S/C12H15N3O2S/c1-10-4-6-11(7-5-10)15(3)18(16,17)12-8-14(2)9-13-12/h4-9H,1-3H3. The molecule has 0 bridgehead atoms. The maximum absolute atomic E-state index is 12.3. The van der Waals surface area contributed by atoms with Crippen LogP contribution in [0.3, 0.4) is 0 Å². The molecule has 0 radical (unpaired) electrons. The van der Waals surface area contributed by atoms with Gasteiger partial charge in [0.2, 0.25) is 0 Å². The monoisotopic (exact) mass is 265 g/mol. The van der Waals surface area contributed by atoms with Gasteiger partial charge >= 0.3 is 0 Å². The minimum absolute atomic E-state index is 0.0491. The number of sulfonamides is 1. The van der Waals surface area contributed by atoms with E-state index in [1.165, 1.54) is 23.9 Å². The highest BCUT2D eigenvalue weighted by atomic mass is 32.2. The van der Waals surface area contributed by atoms with Crippen LogP contribution in [0, 0.1) is 6.92 Å². The number of benzene rings is 1. The SMILES string of the molecule is Cc1ccc(N(C)S(=O)(=O)c2cn(C)cn2)cc1. The van der Waals surface area contributed by atoms with Gasteiger partial charge in [0.15, 0.2) is 5.03 Å². The van der Waals surface area contributed by atoms with Crippen LogP contribution < -0.4 is 4.31 Å². The van der Waals surface area contributed by atoms with Crippen LogP contribution in [0.1, 0.15) is 5.56 Å². The Balaban J connectivity index is 2.39. The molecule has 0 saturated heterocycles. The fourth-order valence-electron chi connectivity index (χ4n) is 1.56. The Labute approximate surface area is 107 Å². The molecular weight excluding hydrogens is 250 g/mol. The second-order valence-electron chi connectivity index (χ2n) is 4.19. The summed E-state index contributed by atoms with van der Waals surface area (Å²) >= 11 is 0. The van der Waals surface area contributed by atoms with E-state index in [4.69, 9.17) is 0 Å². The van der Waals surface area contributed by atoms with Crippen molar-refractivity contribution in [2.75, 3.05) is 11.4 Å². The Morgan fingerprint density at radius 1 is 1.22 bits per heavy atom. The Morgan fingerprint density at radius 2 is 1.83 bits per heavy atom. The van der Waals surface area contributed by atoms with Gasteiger partial charge in [-0.05, 0) is 19.1 Å². The Morgan fingerprint density at radius 3 is 2.33 bits per heavy atom. The van der Waals surface area contributed by atoms with Crippen molar-refractivity contribution >= 4 is 15.7 Å². The molecule has 0 aliphatic carbocycles. The molecule has 96 valence electrons. The van der Waals surface area contributed by atoms with Gasteiger partial charge < -0.3 is 4.57 Å². The summed E-state index contributed by atoms with van der Waals surface area (Å²) in [5, 5.41) is 0.0491. The minimum atomic E-state index is -3.58. The first-order valence-electron chi connectivity index (χ1n) is 5.45. The summed E-state index contributed by atoms with van der Waals surface area (Å²) in [5.41, 5.74) is 1.70. The normalized spacial score (nSPS) is 11.5. The molecule has 0 N–H and O–H groups in total. The molecule has 1 heterocycles. The third-order valence-corrected chi connectivity index (χ3v) is 4.37. The second kappa shape index (κ2) is 4.45. The summed E-state index contributed by atoms with van der Waals surface area (Å²) in [7, 11) is -0.326. The molecule has 1 aromatic carbocycles. The summed E-state index contributed by atoms with van der Waals surface area (Å²) in [6.07, 6.45) is 2.95. The van der Waals surface area contributed by atoms with E-state index in [0.717, 1.165) is 5.56 Å². The van der Waals surface area contributed by atoms with E-state index < -0.39 is 10.0 Å². The molecule has 0 aliphatic rings. The van der Waals surface area contributed by atoms with E-state index in [1.54, 1.807) is 23.7 Å². The summed E-state index contributed by atoms with van der Waals surface area (Å²) in [4.78, 5) is 3.88. The van der Waals surface area contributed by atoms with Crippen molar-refractivity contribution in [2.45, 2.75) is 11.9 Å². The van der Waals surface area contributed by atoms with E-state index in [2.05, 4.69) is 4.98 Å². The number of rotatable bonds is 3. The van der Waals surface area contributed by atoms with Gasteiger partial charge in [-0.1, -0.05) is 17.7 Å². The zero-order chi connectivity index (χ0) is 13.3. The van der Waals surface area contributed by atoms with Crippen LogP contribution in [0.15, 0.2) is 41.8 Å². The van der Waals surface area contributed by atoms with Crippen LogP contribution in [-0.2, 0) is 17.1 Å². The van der Waals surface area contributed by atoms with Gasteiger partial charge in [-0.15, -0.1) is 0 Å². The molecule has 1 aromatic heterocycles. The molecular formula is C12H15N3O2S. The van der Waals surface area contributed by atoms with Crippen LogP contribution in [-0.4, -0.2) is 25.0 Å². The third-order valence-electron chi connectivity index (χ3n) is 2.70. The zero-order valence-electron chi connectivity index (χ0n) is 10.5. The lowest BCUT2D eigenvalue weighted by Crippen LogP contribution is -2.26. The maximum atomic E-state index is 12.3. The zero-order valence-corrected chi connectivity index (χ0v) is 11.3. The van der Waals surface area contributed by atoms with E-state index in [0.29, 0.717) is 5.69 Å². The van der Waals surface area contributed by atoms with Gasteiger partial charge in [0, 0.05) is 20.3 Å². The average molecular weight is 265 g/mol. The predicted molar refractivity (Wildman–Crippen MR) is 70.0 cm³/mol. The second-order valence-corrected chi connectivity index (χ2v) is 6.10. The number of aromatic nitrogens is 2. The molecule has 0 saturated carbocycles. The fraction of sp³-hybridized carbons (Fsp3) is 0.250. The number of nitrogens with zero attached hydrogens (tertiary/aromatic N) is 3. The van der Waals surface area contributed by atoms with Crippen molar-refractivity contribution in [1.82, 2.24) is 9.55 Å². The average Bonchev–Trinajstić information content (AvgIpc) is 2.76. The van der Waals surface area contributed by atoms with Crippen molar-refractivity contribution in [3.8, 4) is 0 Å². The van der Waals surface area contributed by atoms with Crippen molar-refractivity contribution in [2.24, 2.45) is 7.05 Å². The fourth-order valence-corrected chi connectivity index (χ4v) is 2.72.